The van der Waals surface area contributed by atoms with E-state index in [2.05, 4.69) is 0 Å². The molecule has 0 aliphatic rings. The largest absolute Gasteiger partial charge is 2.00 e. The van der Waals surface area contributed by atoms with Crippen LogP contribution >= 0.6 is 7.82 Å². The van der Waals surface area contributed by atoms with Gasteiger partial charge in [-0.2, -0.15) is 0 Å². The van der Waals surface area contributed by atoms with Crippen molar-refractivity contribution in [2.75, 3.05) is 0 Å². The molecule has 0 bridgehead atoms. The predicted molar refractivity (Wildman–Crippen MR) is 33.6 cm³/mol. The van der Waals surface area contributed by atoms with Crippen LogP contribution in [0.15, 0.2) is 0 Å². The van der Waals surface area contributed by atoms with E-state index < -0.39 is 7.82 Å². The van der Waals surface area contributed by atoms with Gasteiger partial charge in [-0.15, -0.1) is 0 Å². The summed E-state index contributed by atoms with van der Waals surface area (Å²) in [4.78, 5) is 21.6. The summed E-state index contributed by atoms with van der Waals surface area (Å²) in [6.45, 7) is 0. The Labute approximate surface area is 97.0 Å². The van der Waals surface area contributed by atoms with Gasteiger partial charge in [-0.25, -0.2) is 4.57 Å². The number of phosphoric acid groups is 1. The molecule has 3 N–H and O–H groups in total. The molecule has 0 aromatic rings. The van der Waals surface area contributed by atoms with Crippen molar-refractivity contribution in [1.82, 2.24) is 0 Å². The molecule has 0 saturated heterocycles. The van der Waals surface area contributed by atoms with Gasteiger partial charge < -0.3 is 17.5 Å². The summed E-state index contributed by atoms with van der Waals surface area (Å²) in [5, 5.41) is 0. The molecule has 46 valence electrons. The van der Waals surface area contributed by atoms with Gasteiger partial charge in [0.1, 0.15) is 0 Å². The molecular weight excluding hydrogens is 229 g/mol. The van der Waals surface area contributed by atoms with Gasteiger partial charge in [-0.3, -0.25) is 0 Å². The van der Waals surface area contributed by atoms with E-state index >= 15 is 0 Å². The molecule has 0 heterocycles. The van der Waals surface area contributed by atoms with Crippen LogP contribution in [0.3, 0.4) is 0 Å². The van der Waals surface area contributed by atoms with Crippen molar-refractivity contribution in [1.29, 1.82) is 0 Å². The van der Waals surface area contributed by atoms with Gasteiger partial charge in [-0.1, -0.05) is 0 Å². The van der Waals surface area contributed by atoms with Crippen LogP contribution in [0.2, 0.25) is 0 Å². The Morgan fingerprint density at radius 1 is 1.25 bits per heavy atom. The third-order valence-corrected chi connectivity index (χ3v) is 0. The topological polar surface area (TPSA) is 77.8 Å². The fourth-order valence-electron chi connectivity index (χ4n) is 0. The molecule has 8 heavy (non-hydrogen) atoms. The van der Waals surface area contributed by atoms with Crippen molar-refractivity contribution in [3.63, 3.8) is 0 Å². The summed E-state index contributed by atoms with van der Waals surface area (Å²) in [5.74, 6) is 0. The van der Waals surface area contributed by atoms with Crippen molar-refractivity contribution in [3.8, 4) is 0 Å². The van der Waals surface area contributed by atoms with Crippen molar-refractivity contribution < 1.29 is 41.6 Å². The van der Waals surface area contributed by atoms with E-state index in [1.54, 1.807) is 0 Å². The molecule has 0 aliphatic carbocycles. The average Bonchev–Trinajstić information content (AvgIpc) is 0.722. The molecule has 0 fully saturated rings. The number of hydrogen-bond donors (Lipinski definition) is 3. The van der Waals surface area contributed by atoms with Crippen LogP contribution in [0.4, 0.5) is 0 Å². The monoisotopic (exact) mass is 236 g/mol. The first-order chi connectivity index (χ1) is 2.00. The molecule has 0 aromatic heterocycles. The SMILES string of the molecule is O=P(O)(O)O.[Ca+2].[H-].[H-].[SiH4].[Zn]. The maximum atomic E-state index is 8.88. The summed E-state index contributed by atoms with van der Waals surface area (Å²) < 4.78 is 8.88. The zero-order valence-electron chi connectivity index (χ0n) is 5.61. The second kappa shape index (κ2) is 9.21. The van der Waals surface area contributed by atoms with Gasteiger partial charge in [0.2, 0.25) is 0 Å². The van der Waals surface area contributed by atoms with E-state index in [9.17, 15) is 0 Å². The Hall–Kier alpha value is 2.21. The molecule has 8 heteroatoms. The second-order valence-corrected chi connectivity index (χ2v) is 1.54. The predicted octanol–water partition coefficient (Wildman–Crippen LogP) is -2.54. The maximum absolute atomic E-state index is 8.88. The third kappa shape index (κ3) is 87.4. The Kier molecular flexibility index (Phi) is 25.9. The molecule has 0 saturated carbocycles. The van der Waals surface area contributed by atoms with Gasteiger partial charge >= 0.3 is 45.6 Å². The fraction of sp³-hybridized carbons (Fsp3) is 0. The van der Waals surface area contributed by atoms with Crippen LogP contribution in [-0.4, -0.2) is 63.4 Å². The average molecular weight is 238 g/mol. The Balaban J connectivity index is -0.00000000800. The van der Waals surface area contributed by atoms with Crippen LogP contribution in [0.1, 0.15) is 2.85 Å². The molecule has 0 unspecified atom stereocenters. The first kappa shape index (κ1) is 22.5. The van der Waals surface area contributed by atoms with E-state index in [0.717, 1.165) is 0 Å². The minimum Gasteiger partial charge on any atom is -1.00 e. The van der Waals surface area contributed by atoms with Gasteiger partial charge in [0.25, 0.3) is 0 Å². The number of rotatable bonds is 0. The van der Waals surface area contributed by atoms with E-state index in [1.807, 2.05) is 0 Å². The summed E-state index contributed by atoms with van der Waals surface area (Å²) in [5.41, 5.74) is 0. The van der Waals surface area contributed by atoms with Crippen LogP contribution in [0.5, 0.6) is 0 Å². The summed E-state index contributed by atoms with van der Waals surface area (Å²) >= 11 is 0. The Morgan fingerprint density at radius 3 is 1.25 bits per heavy atom. The van der Waals surface area contributed by atoms with Crippen molar-refractivity contribution in [3.05, 3.63) is 0 Å². The molecule has 0 amide bonds. The van der Waals surface area contributed by atoms with Gasteiger partial charge in [-0.05, 0) is 11.0 Å². The van der Waals surface area contributed by atoms with Crippen molar-refractivity contribution in [2.24, 2.45) is 0 Å². The van der Waals surface area contributed by atoms with Gasteiger partial charge in [0, 0.05) is 19.5 Å². The molecular formula is H9CaO4PSiZn. The van der Waals surface area contributed by atoms with Gasteiger partial charge in [0.15, 0.2) is 0 Å². The molecule has 0 spiro atoms. The van der Waals surface area contributed by atoms with E-state index in [-0.39, 0.29) is 71.0 Å². The quantitative estimate of drug-likeness (QED) is 0.321. The van der Waals surface area contributed by atoms with E-state index in [1.165, 1.54) is 0 Å². The van der Waals surface area contributed by atoms with Gasteiger partial charge in [0.05, 0.1) is 0 Å². The first-order valence-corrected chi connectivity index (χ1v) is 2.35. The fourth-order valence-corrected chi connectivity index (χ4v) is 0. The Morgan fingerprint density at radius 2 is 1.25 bits per heavy atom. The summed E-state index contributed by atoms with van der Waals surface area (Å²) in [6.07, 6.45) is 0. The van der Waals surface area contributed by atoms with Crippen LogP contribution in [0.25, 0.3) is 0 Å². The van der Waals surface area contributed by atoms with Crippen LogP contribution in [-0.2, 0) is 24.0 Å². The van der Waals surface area contributed by atoms with Crippen LogP contribution < -0.4 is 0 Å². The van der Waals surface area contributed by atoms with Crippen LogP contribution in [0, 0.1) is 0 Å². The normalized spacial score (nSPS) is 7.38. The zero-order valence-corrected chi connectivity index (χ0v) is 9.68. The smallest absolute Gasteiger partial charge is 1.00 e. The van der Waals surface area contributed by atoms with E-state index in [0.29, 0.717) is 0 Å². The summed E-state index contributed by atoms with van der Waals surface area (Å²) in [7, 11) is -4.64. The molecule has 0 rings (SSSR count). The molecule has 4 nitrogen and oxygen atoms in total. The summed E-state index contributed by atoms with van der Waals surface area (Å²) in [6, 6.07) is 0. The molecule has 0 atom stereocenters. The van der Waals surface area contributed by atoms with Crippen molar-refractivity contribution >= 4 is 56.5 Å². The molecule has 0 aliphatic heterocycles. The third-order valence-electron chi connectivity index (χ3n) is 0. The number of hydrogen-bond acceptors (Lipinski definition) is 1. The van der Waals surface area contributed by atoms with Crippen molar-refractivity contribution in [2.45, 2.75) is 0 Å². The second-order valence-electron chi connectivity index (χ2n) is 0.513. The minimum atomic E-state index is -4.64. The minimum absolute atomic E-state index is 0. The van der Waals surface area contributed by atoms with E-state index in [4.69, 9.17) is 19.2 Å². The standard InChI is InChI=1S/Ca.H3O4P.H4Si.Zn.2H/c;1-5(2,3)4;;;;/h;(H3,1,2,3,4);1H4;;;/q+2;;;;2*-1. The molecule has 0 radical (unpaired) electrons. The maximum Gasteiger partial charge on any atom is 2.00 e. The first-order valence-electron chi connectivity index (χ1n) is 0.783. The molecule has 0 aromatic carbocycles. The Bertz CT molecular complexity index is 69.4. The zero-order chi connectivity index (χ0) is 4.50.